The van der Waals surface area contributed by atoms with E-state index in [1.807, 2.05) is 0 Å². The fraction of sp³-hybridized carbons (Fsp3) is 0.875. The van der Waals surface area contributed by atoms with Crippen molar-refractivity contribution in [2.24, 2.45) is 0 Å². The van der Waals surface area contributed by atoms with Gasteiger partial charge in [0.2, 0.25) is 5.89 Å². The third-order valence-corrected chi connectivity index (χ3v) is 4.14. The quantitative estimate of drug-likeness (QED) is 0.698. The molecule has 114 valence electrons. The number of nitrogens with one attached hydrogen (secondary N) is 1. The SMILES string of the molecule is CCCCCCCCCc1nc(C2CCCNC2)no1. The third-order valence-electron chi connectivity index (χ3n) is 4.14. The standard InChI is InChI=1S/C16H29N3O/c1-2-3-4-5-6-7-8-11-15-18-16(19-20-15)14-10-9-12-17-13-14/h14,17H,2-13H2,1H3. The van der Waals surface area contributed by atoms with Crippen LogP contribution in [0.5, 0.6) is 0 Å². The zero-order chi connectivity index (χ0) is 14.0. The van der Waals surface area contributed by atoms with Crippen LogP contribution in [0.1, 0.15) is 82.3 Å². The molecule has 2 heterocycles. The molecule has 0 spiro atoms. The topological polar surface area (TPSA) is 51.0 Å². The fourth-order valence-corrected chi connectivity index (χ4v) is 2.84. The molecule has 0 aliphatic carbocycles. The van der Waals surface area contributed by atoms with Gasteiger partial charge in [-0.1, -0.05) is 50.6 Å². The average Bonchev–Trinajstić information content (AvgIpc) is 2.96. The van der Waals surface area contributed by atoms with Crippen LogP contribution in [0.25, 0.3) is 0 Å². The van der Waals surface area contributed by atoms with Gasteiger partial charge in [0, 0.05) is 18.9 Å². The molecule has 1 fully saturated rings. The minimum atomic E-state index is 0.454. The van der Waals surface area contributed by atoms with E-state index in [4.69, 9.17) is 4.52 Å². The highest BCUT2D eigenvalue weighted by Crippen LogP contribution is 2.20. The average molecular weight is 279 g/mol. The first-order chi connectivity index (χ1) is 9.90. The maximum absolute atomic E-state index is 5.37. The van der Waals surface area contributed by atoms with Crippen molar-refractivity contribution in [3.8, 4) is 0 Å². The van der Waals surface area contributed by atoms with E-state index < -0.39 is 0 Å². The van der Waals surface area contributed by atoms with Crippen molar-refractivity contribution in [1.82, 2.24) is 15.5 Å². The Balaban J connectivity index is 1.60. The van der Waals surface area contributed by atoms with E-state index in [0.717, 1.165) is 31.2 Å². The van der Waals surface area contributed by atoms with Crippen molar-refractivity contribution >= 4 is 0 Å². The second kappa shape index (κ2) is 9.11. The monoisotopic (exact) mass is 279 g/mol. The minimum absolute atomic E-state index is 0.454. The largest absolute Gasteiger partial charge is 0.339 e. The summed E-state index contributed by atoms with van der Waals surface area (Å²) in [5.74, 6) is 2.20. The number of piperidine rings is 1. The molecule has 1 unspecified atom stereocenters. The van der Waals surface area contributed by atoms with E-state index in [1.165, 1.54) is 57.8 Å². The Hall–Kier alpha value is -0.900. The Kier molecular flexibility index (Phi) is 7.06. The predicted octanol–water partition coefficient (Wildman–Crippen LogP) is 3.83. The van der Waals surface area contributed by atoms with Crippen LogP contribution in [0.3, 0.4) is 0 Å². The van der Waals surface area contributed by atoms with Gasteiger partial charge in [0.05, 0.1) is 0 Å². The molecule has 0 radical (unpaired) electrons. The van der Waals surface area contributed by atoms with Crippen molar-refractivity contribution in [3.63, 3.8) is 0 Å². The molecule has 0 bridgehead atoms. The zero-order valence-electron chi connectivity index (χ0n) is 12.9. The molecule has 2 rings (SSSR count). The lowest BCUT2D eigenvalue weighted by Gasteiger charge is -2.19. The normalized spacial score (nSPS) is 19.4. The van der Waals surface area contributed by atoms with Crippen LogP contribution < -0.4 is 5.32 Å². The molecule has 0 saturated carbocycles. The molecule has 0 amide bonds. The second-order valence-electron chi connectivity index (χ2n) is 5.96. The molecule has 1 atom stereocenters. The summed E-state index contributed by atoms with van der Waals surface area (Å²) < 4.78 is 5.37. The van der Waals surface area contributed by atoms with Gasteiger partial charge in [-0.15, -0.1) is 0 Å². The molecule has 1 aliphatic heterocycles. The van der Waals surface area contributed by atoms with Crippen molar-refractivity contribution in [2.45, 2.75) is 77.0 Å². The summed E-state index contributed by atoms with van der Waals surface area (Å²) in [6.07, 6.45) is 12.6. The van der Waals surface area contributed by atoms with Gasteiger partial charge in [-0.05, 0) is 25.8 Å². The molecule has 1 aromatic rings. The molecule has 4 nitrogen and oxygen atoms in total. The molecular formula is C16H29N3O. The lowest BCUT2D eigenvalue weighted by Crippen LogP contribution is -2.28. The van der Waals surface area contributed by atoms with Gasteiger partial charge in [0.15, 0.2) is 5.82 Å². The predicted molar refractivity (Wildman–Crippen MR) is 80.8 cm³/mol. The summed E-state index contributed by atoms with van der Waals surface area (Å²) in [6.45, 7) is 4.38. The molecule has 1 aliphatic rings. The molecule has 0 aromatic carbocycles. The van der Waals surface area contributed by atoms with Crippen LogP contribution in [0.2, 0.25) is 0 Å². The Morgan fingerprint density at radius 3 is 2.70 bits per heavy atom. The van der Waals surface area contributed by atoms with Crippen molar-refractivity contribution < 1.29 is 4.52 Å². The highest BCUT2D eigenvalue weighted by Gasteiger charge is 2.20. The summed E-state index contributed by atoms with van der Waals surface area (Å²) in [4.78, 5) is 4.56. The van der Waals surface area contributed by atoms with E-state index in [0.29, 0.717) is 5.92 Å². The van der Waals surface area contributed by atoms with Crippen LogP contribution in [0.15, 0.2) is 4.52 Å². The Labute approximate surface area is 122 Å². The van der Waals surface area contributed by atoms with Crippen LogP contribution in [-0.4, -0.2) is 23.2 Å². The molecule has 4 heteroatoms. The van der Waals surface area contributed by atoms with E-state index in [-0.39, 0.29) is 0 Å². The molecule has 1 aromatic heterocycles. The summed E-state index contributed by atoms with van der Waals surface area (Å²) in [5.41, 5.74) is 0. The van der Waals surface area contributed by atoms with E-state index >= 15 is 0 Å². The van der Waals surface area contributed by atoms with Crippen LogP contribution in [0.4, 0.5) is 0 Å². The summed E-state index contributed by atoms with van der Waals surface area (Å²) in [6, 6.07) is 0. The van der Waals surface area contributed by atoms with Crippen molar-refractivity contribution in [1.29, 1.82) is 0 Å². The third kappa shape index (κ3) is 5.23. The number of hydrogen-bond acceptors (Lipinski definition) is 4. The summed E-state index contributed by atoms with van der Waals surface area (Å²) >= 11 is 0. The lowest BCUT2D eigenvalue weighted by molar-refractivity contribution is 0.357. The highest BCUT2D eigenvalue weighted by atomic mass is 16.5. The summed E-state index contributed by atoms with van der Waals surface area (Å²) in [5, 5.41) is 7.55. The van der Waals surface area contributed by atoms with Crippen molar-refractivity contribution in [3.05, 3.63) is 11.7 Å². The number of aromatic nitrogens is 2. The number of aryl methyl sites for hydroxylation is 1. The first-order valence-electron chi connectivity index (χ1n) is 8.43. The summed E-state index contributed by atoms with van der Waals surface area (Å²) in [7, 11) is 0. The Morgan fingerprint density at radius 2 is 1.95 bits per heavy atom. The first kappa shape index (κ1) is 15.5. The van der Waals surface area contributed by atoms with Gasteiger partial charge in [-0.3, -0.25) is 0 Å². The number of nitrogens with zero attached hydrogens (tertiary/aromatic N) is 2. The van der Waals surface area contributed by atoms with Crippen molar-refractivity contribution in [2.75, 3.05) is 13.1 Å². The van der Waals surface area contributed by atoms with E-state index in [1.54, 1.807) is 0 Å². The van der Waals surface area contributed by atoms with Crippen LogP contribution in [0, 0.1) is 0 Å². The highest BCUT2D eigenvalue weighted by molar-refractivity contribution is 4.98. The van der Waals surface area contributed by atoms with E-state index in [2.05, 4.69) is 22.4 Å². The first-order valence-corrected chi connectivity index (χ1v) is 8.43. The molecule has 1 saturated heterocycles. The number of rotatable bonds is 9. The molecule has 1 N–H and O–H groups in total. The number of hydrogen-bond donors (Lipinski definition) is 1. The maximum atomic E-state index is 5.37. The zero-order valence-corrected chi connectivity index (χ0v) is 12.9. The van der Waals surface area contributed by atoms with Gasteiger partial charge in [0.25, 0.3) is 0 Å². The Bertz CT molecular complexity index is 358. The maximum Gasteiger partial charge on any atom is 0.226 e. The smallest absolute Gasteiger partial charge is 0.226 e. The van der Waals surface area contributed by atoms with E-state index in [9.17, 15) is 0 Å². The van der Waals surface area contributed by atoms with Gasteiger partial charge < -0.3 is 9.84 Å². The van der Waals surface area contributed by atoms with Crippen LogP contribution in [-0.2, 0) is 6.42 Å². The Morgan fingerprint density at radius 1 is 1.15 bits per heavy atom. The fourth-order valence-electron chi connectivity index (χ4n) is 2.84. The van der Waals surface area contributed by atoms with Crippen LogP contribution >= 0.6 is 0 Å². The van der Waals surface area contributed by atoms with Gasteiger partial charge in [-0.25, -0.2) is 0 Å². The van der Waals surface area contributed by atoms with Gasteiger partial charge in [-0.2, -0.15) is 4.98 Å². The molecular weight excluding hydrogens is 250 g/mol. The molecule has 20 heavy (non-hydrogen) atoms. The number of unbranched alkanes of at least 4 members (excludes halogenated alkanes) is 6. The van der Waals surface area contributed by atoms with Gasteiger partial charge in [0.1, 0.15) is 0 Å². The lowest BCUT2D eigenvalue weighted by atomic mass is 9.99. The van der Waals surface area contributed by atoms with Gasteiger partial charge >= 0.3 is 0 Å². The second-order valence-corrected chi connectivity index (χ2v) is 5.96. The minimum Gasteiger partial charge on any atom is -0.339 e.